The molecule has 0 fully saturated rings. The third kappa shape index (κ3) is 2.99. The van der Waals surface area contributed by atoms with Gasteiger partial charge < -0.3 is 10.5 Å². The second-order valence-electron chi connectivity index (χ2n) is 4.37. The zero-order chi connectivity index (χ0) is 14.8. The van der Waals surface area contributed by atoms with Gasteiger partial charge in [-0.2, -0.15) is 0 Å². The summed E-state index contributed by atoms with van der Waals surface area (Å²) in [6.07, 6.45) is 0. The number of rotatable bonds is 4. The topological polar surface area (TPSA) is 65.2 Å². The number of thiazole rings is 1. The molecule has 0 aliphatic carbocycles. The predicted octanol–water partition coefficient (Wildman–Crippen LogP) is 3.63. The fourth-order valence-electron chi connectivity index (χ4n) is 1.94. The first-order chi connectivity index (χ1) is 10.1. The zero-order valence-corrected chi connectivity index (χ0v) is 12.4. The molecule has 2 N–H and O–H groups in total. The summed E-state index contributed by atoms with van der Waals surface area (Å²) in [5.74, 6) is -0.180. The van der Waals surface area contributed by atoms with Crippen LogP contribution in [0.15, 0.2) is 42.5 Å². The van der Waals surface area contributed by atoms with Crippen LogP contribution in [0.5, 0.6) is 5.75 Å². The van der Waals surface area contributed by atoms with Crippen LogP contribution in [0, 0.1) is 0 Å². The predicted molar refractivity (Wildman–Crippen MR) is 83.9 cm³/mol. The van der Waals surface area contributed by atoms with Crippen LogP contribution in [0.4, 0.5) is 0 Å². The highest BCUT2D eigenvalue weighted by molar-refractivity contribution is 7.18. The number of fused-ring (bicyclic) bond motifs is 1. The monoisotopic (exact) mass is 318 g/mol. The van der Waals surface area contributed by atoms with E-state index in [1.165, 1.54) is 0 Å². The van der Waals surface area contributed by atoms with Crippen LogP contribution < -0.4 is 10.5 Å². The Morgan fingerprint density at radius 2 is 2.10 bits per heavy atom. The fourth-order valence-corrected chi connectivity index (χ4v) is 2.98. The van der Waals surface area contributed by atoms with Gasteiger partial charge in [0, 0.05) is 5.02 Å². The quantitative estimate of drug-likeness (QED) is 0.799. The molecule has 0 bridgehead atoms. The number of ether oxygens (including phenoxy) is 1. The van der Waals surface area contributed by atoms with Crippen LogP contribution in [-0.4, -0.2) is 10.9 Å². The van der Waals surface area contributed by atoms with Gasteiger partial charge in [0.25, 0.3) is 5.91 Å². The van der Waals surface area contributed by atoms with E-state index >= 15 is 0 Å². The van der Waals surface area contributed by atoms with Crippen molar-refractivity contribution in [3.8, 4) is 5.75 Å². The molecule has 4 nitrogen and oxygen atoms in total. The molecule has 0 spiro atoms. The summed E-state index contributed by atoms with van der Waals surface area (Å²) in [7, 11) is 0. The maximum Gasteiger partial charge on any atom is 0.252 e. The molecular formula is C15H11ClN2O2S. The van der Waals surface area contributed by atoms with Gasteiger partial charge in [0.05, 0.1) is 15.8 Å². The molecule has 2 aromatic carbocycles. The molecule has 21 heavy (non-hydrogen) atoms. The van der Waals surface area contributed by atoms with Crippen LogP contribution in [0.25, 0.3) is 10.2 Å². The van der Waals surface area contributed by atoms with Crippen LogP contribution in [-0.2, 0) is 6.61 Å². The smallest absolute Gasteiger partial charge is 0.252 e. The number of nitrogens with two attached hydrogens (primary N) is 1. The van der Waals surface area contributed by atoms with E-state index in [9.17, 15) is 4.79 Å². The van der Waals surface area contributed by atoms with Gasteiger partial charge in [-0.25, -0.2) is 4.98 Å². The van der Waals surface area contributed by atoms with Crippen molar-refractivity contribution in [1.29, 1.82) is 0 Å². The van der Waals surface area contributed by atoms with Crippen molar-refractivity contribution in [2.75, 3.05) is 0 Å². The molecular weight excluding hydrogens is 308 g/mol. The summed E-state index contributed by atoms with van der Waals surface area (Å²) in [6.45, 7) is 0.264. The number of para-hydroxylation sites is 1. The Morgan fingerprint density at radius 1 is 1.29 bits per heavy atom. The molecule has 1 aromatic heterocycles. The summed E-state index contributed by atoms with van der Waals surface area (Å²) in [4.78, 5) is 15.8. The Balaban J connectivity index is 1.84. The SMILES string of the molecule is NC(=O)c1ccc(Cl)cc1OCc1nc2ccccc2s1. The fraction of sp³-hybridized carbons (Fsp3) is 0.0667. The number of carbonyl (C=O) groups excluding carboxylic acids is 1. The number of nitrogens with zero attached hydrogens (tertiary/aromatic N) is 1. The van der Waals surface area contributed by atoms with Crippen molar-refractivity contribution in [3.05, 3.63) is 58.1 Å². The molecule has 0 radical (unpaired) electrons. The highest BCUT2D eigenvalue weighted by Crippen LogP contribution is 2.26. The zero-order valence-electron chi connectivity index (χ0n) is 10.9. The van der Waals surface area contributed by atoms with E-state index in [4.69, 9.17) is 22.1 Å². The first-order valence-electron chi connectivity index (χ1n) is 6.20. The molecule has 0 aliphatic heterocycles. The Hall–Kier alpha value is -2.11. The van der Waals surface area contributed by atoms with Gasteiger partial charge in [-0.1, -0.05) is 23.7 Å². The molecule has 0 unspecified atom stereocenters. The summed E-state index contributed by atoms with van der Waals surface area (Å²) in [5.41, 5.74) is 6.56. The largest absolute Gasteiger partial charge is 0.486 e. The minimum Gasteiger partial charge on any atom is -0.486 e. The molecule has 0 saturated heterocycles. The van der Waals surface area contributed by atoms with Crippen LogP contribution in [0.3, 0.4) is 0 Å². The second kappa shape index (κ2) is 5.71. The average molecular weight is 319 g/mol. The minimum absolute atomic E-state index is 0.264. The van der Waals surface area contributed by atoms with Crippen LogP contribution >= 0.6 is 22.9 Å². The third-order valence-electron chi connectivity index (χ3n) is 2.90. The lowest BCUT2D eigenvalue weighted by Crippen LogP contribution is -2.13. The average Bonchev–Trinajstić information content (AvgIpc) is 2.87. The molecule has 0 atom stereocenters. The maximum atomic E-state index is 11.4. The molecule has 6 heteroatoms. The Bertz CT molecular complexity index is 783. The highest BCUT2D eigenvalue weighted by atomic mass is 35.5. The van der Waals surface area contributed by atoms with Gasteiger partial charge in [-0.3, -0.25) is 4.79 Å². The van der Waals surface area contributed by atoms with Crippen molar-refractivity contribution < 1.29 is 9.53 Å². The molecule has 1 amide bonds. The summed E-state index contributed by atoms with van der Waals surface area (Å²) < 4.78 is 6.75. The van der Waals surface area contributed by atoms with Gasteiger partial charge in [0.15, 0.2) is 0 Å². The standard InChI is InChI=1S/C15H11ClN2O2S/c16-9-5-6-10(15(17)19)12(7-9)20-8-14-18-11-3-1-2-4-13(11)21-14/h1-7H,8H2,(H2,17,19). The molecule has 3 rings (SSSR count). The lowest BCUT2D eigenvalue weighted by molar-refractivity contribution is 0.0996. The molecule has 106 valence electrons. The minimum atomic E-state index is -0.550. The lowest BCUT2D eigenvalue weighted by Gasteiger charge is -2.08. The van der Waals surface area contributed by atoms with Crippen molar-refractivity contribution in [2.24, 2.45) is 5.73 Å². The second-order valence-corrected chi connectivity index (χ2v) is 5.92. The summed E-state index contributed by atoms with van der Waals surface area (Å²) in [6, 6.07) is 12.6. The number of hydrogen-bond donors (Lipinski definition) is 1. The van der Waals surface area contributed by atoms with E-state index in [-0.39, 0.29) is 6.61 Å². The van der Waals surface area contributed by atoms with Crippen molar-refractivity contribution in [1.82, 2.24) is 4.98 Å². The molecule has 1 heterocycles. The lowest BCUT2D eigenvalue weighted by atomic mass is 10.2. The Labute approximate surface area is 130 Å². The number of benzene rings is 2. The highest BCUT2D eigenvalue weighted by Gasteiger charge is 2.11. The van der Waals surface area contributed by atoms with Gasteiger partial charge in [-0.15, -0.1) is 11.3 Å². The number of carbonyl (C=O) groups is 1. The molecule has 3 aromatic rings. The molecule has 0 aliphatic rings. The maximum absolute atomic E-state index is 11.4. The van der Waals surface area contributed by atoms with Gasteiger partial charge in [0.1, 0.15) is 17.4 Å². The number of aromatic nitrogens is 1. The summed E-state index contributed by atoms with van der Waals surface area (Å²) >= 11 is 7.47. The Kier molecular flexibility index (Phi) is 3.77. The van der Waals surface area contributed by atoms with E-state index in [1.54, 1.807) is 29.5 Å². The number of amides is 1. The first kappa shape index (κ1) is 13.9. The molecule has 0 saturated carbocycles. The van der Waals surface area contributed by atoms with E-state index < -0.39 is 5.91 Å². The first-order valence-corrected chi connectivity index (χ1v) is 7.39. The normalized spacial score (nSPS) is 10.7. The summed E-state index contributed by atoms with van der Waals surface area (Å²) in [5, 5.41) is 1.31. The van der Waals surface area contributed by atoms with Crippen LogP contribution in [0.2, 0.25) is 5.02 Å². The van der Waals surface area contributed by atoms with Gasteiger partial charge in [-0.05, 0) is 30.3 Å². The van der Waals surface area contributed by atoms with E-state index in [1.807, 2.05) is 24.3 Å². The van der Waals surface area contributed by atoms with Gasteiger partial charge in [0.2, 0.25) is 0 Å². The van der Waals surface area contributed by atoms with E-state index in [0.717, 1.165) is 15.2 Å². The van der Waals surface area contributed by atoms with Crippen molar-refractivity contribution in [2.45, 2.75) is 6.61 Å². The number of primary amides is 1. The number of hydrogen-bond acceptors (Lipinski definition) is 4. The van der Waals surface area contributed by atoms with Gasteiger partial charge >= 0.3 is 0 Å². The van der Waals surface area contributed by atoms with Crippen LogP contribution in [0.1, 0.15) is 15.4 Å². The van der Waals surface area contributed by atoms with E-state index in [0.29, 0.717) is 16.3 Å². The van der Waals surface area contributed by atoms with E-state index in [2.05, 4.69) is 4.98 Å². The van der Waals surface area contributed by atoms with Crippen molar-refractivity contribution >= 4 is 39.1 Å². The third-order valence-corrected chi connectivity index (χ3v) is 4.14. The number of halogens is 1. The Morgan fingerprint density at radius 3 is 2.86 bits per heavy atom. The van der Waals surface area contributed by atoms with Crippen molar-refractivity contribution in [3.63, 3.8) is 0 Å².